The van der Waals surface area contributed by atoms with E-state index in [9.17, 15) is 0 Å². The molecule has 14 rings (SSSR count). The molecule has 0 fully saturated rings. The highest BCUT2D eigenvalue weighted by Crippen LogP contribution is 2.46. The van der Waals surface area contributed by atoms with Crippen LogP contribution in [0.3, 0.4) is 0 Å². The van der Waals surface area contributed by atoms with Crippen LogP contribution in [0.25, 0.3) is 91.5 Å². The average molecular weight is 878 g/mol. The van der Waals surface area contributed by atoms with Gasteiger partial charge in [0.1, 0.15) is 11.2 Å². The van der Waals surface area contributed by atoms with E-state index < -0.39 is 0 Å². The molecule has 67 heavy (non-hydrogen) atoms. The fourth-order valence-electron chi connectivity index (χ4n) is 11.3. The second-order valence-corrected chi connectivity index (χ2v) is 19.5. The molecular weight excluding hydrogens is 835 g/mol. The maximum absolute atomic E-state index is 6.89. The van der Waals surface area contributed by atoms with Crippen molar-refractivity contribution in [2.75, 3.05) is 0 Å². The molecule has 12 aromatic rings. The van der Waals surface area contributed by atoms with E-state index in [1.165, 1.54) is 69.5 Å². The highest BCUT2D eigenvalue weighted by molar-refractivity contribution is 7.25. The Morgan fingerprint density at radius 1 is 0.552 bits per heavy atom. The van der Waals surface area contributed by atoms with Crippen LogP contribution < -0.4 is 0 Å². The van der Waals surface area contributed by atoms with Crippen LogP contribution in [0.4, 0.5) is 0 Å². The summed E-state index contributed by atoms with van der Waals surface area (Å²) in [6.45, 7) is 2.33. The number of aliphatic imine (C=N–C) groups is 2. The zero-order valence-electron chi connectivity index (χ0n) is 36.9. The molecule has 1 aliphatic heterocycles. The zero-order chi connectivity index (χ0) is 44.2. The SMILES string of the molecule is CC1C/C=C(\c2ccc3sc4ccccc4c3c2)N=C(n2c3ccccc3c3ccccc32)N=C1c1cc([C@@H]2CCc3cc4ccccc4cc3-c3ccccc32)cc2oc3ccccc3c12. The minimum Gasteiger partial charge on any atom is -0.456 e. The third-order valence-corrected chi connectivity index (χ3v) is 15.7. The van der Waals surface area contributed by atoms with Gasteiger partial charge in [0.15, 0.2) is 0 Å². The van der Waals surface area contributed by atoms with Gasteiger partial charge in [-0.15, -0.1) is 11.3 Å². The molecule has 0 saturated heterocycles. The number of aryl methyl sites for hydroxylation is 1. The Hall–Kier alpha value is -7.86. The molecule has 4 heterocycles. The van der Waals surface area contributed by atoms with E-state index in [0.717, 1.165) is 74.8 Å². The third-order valence-electron chi connectivity index (χ3n) is 14.5. The molecule has 4 nitrogen and oxygen atoms in total. The van der Waals surface area contributed by atoms with E-state index in [-0.39, 0.29) is 11.8 Å². The van der Waals surface area contributed by atoms with Crippen LogP contribution in [0.1, 0.15) is 53.5 Å². The number of hydrogen-bond donors (Lipinski definition) is 0. The standard InChI is InChI=1S/C62H43N3OS/c1-37-26-30-53(41-28-31-59-51(34-41)48-20-9-13-25-58(48)67-59)63-62(65-54-22-10-6-18-46(54)47-19-7-11-23-55(47)65)64-61(37)52-35-42(36-57-60(52)49-21-8-12-24-56(49)66-57)43-29-27-40-32-38-14-2-3-15-39(38)33-50(40)45-17-5-4-16-44(43)45/h2-25,28,30-37,43H,26-27,29H2,1H3/b53-30+,63-62?,64-61?/t37?,43-/m0/s1. The topological polar surface area (TPSA) is 42.8 Å². The summed E-state index contributed by atoms with van der Waals surface area (Å²) in [5.74, 6) is 0.811. The third kappa shape index (κ3) is 6.11. The summed E-state index contributed by atoms with van der Waals surface area (Å²) in [6, 6.07) is 68.8. The van der Waals surface area contributed by atoms with E-state index in [1.54, 1.807) is 0 Å². The van der Waals surface area contributed by atoms with Gasteiger partial charge in [0.05, 0.1) is 22.4 Å². The number of fused-ring (bicyclic) bond motifs is 13. The van der Waals surface area contributed by atoms with Gasteiger partial charge in [-0.05, 0) is 112 Å². The number of thiophene rings is 1. The molecule has 3 aromatic heterocycles. The summed E-state index contributed by atoms with van der Waals surface area (Å²) >= 11 is 1.84. The Balaban J connectivity index is 1.01. The first kappa shape index (κ1) is 38.4. The molecule has 318 valence electrons. The van der Waals surface area contributed by atoms with Crippen LogP contribution in [0.15, 0.2) is 209 Å². The summed E-state index contributed by atoms with van der Waals surface area (Å²) < 4.78 is 11.7. The van der Waals surface area contributed by atoms with Gasteiger partial charge in [-0.2, -0.15) is 0 Å². The molecule has 9 aromatic carbocycles. The van der Waals surface area contributed by atoms with E-state index >= 15 is 0 Å². The van der Waals surface area contributed by atoms with E-state index in [2.05, 4.69) is 206 Å². The highest BCUT2D eigenvalue weighted by Gasteiger charge is 2.29. The molecule has 0 N–H and O–H groups in total. The van der Waals surface area contributed by atoms with Crippen LogP contribution in [0.2, 0.25) is 0 Å². The highest BCUT2D eigenvalue weighted by atomic mass is 32.1. The van der Waals surface area contributed by atoms with Crippen molar-refractivity contribution in [3.63, 3.8) is 0 Å². The van der Waals surface area contributed by atoms with Gasteiger partial charge in [-0.25, -0.2) is 9.98 Å². The Kier molecular flexibility index (Phi) is 8.65. The number of para-hydroxylation sites is 3. The number of nitrogens with zero attached hydrogens (tertiary/aromatic N) is 3. The van der Waals surface area contributed by atoms with Gasteiger partial charge >= 0.3 is 0 Å². The first-order valence-corrected chi connectivity index (χ1v) is 24.3. The van der Waals surface area contributed by atoms with Gasteiger partial charge in [0.2, 0.25) is 5.96 Å². The molecule has 2 aliphatic rings. The quantitative estimate of drug-likeness (QED) is 0.174. The van der Waals surface area contributed by atoms with Crippen LogP contribution >= 0.6 is 11.3 Å². The summed E-state index contributed by atoms with van der Waals surface area (Å²) in [7, 11) is 0. The van der Waals surface area contributed by atoms with E-state index in [0.29, 0.717) is 5.96 Å². The molecular formula is C62H43N3OS. The predicted octanol–water partition coefficient (Wildman–Crippen LogP) is 16.7. The van der Waals surface area contributed by atoms with Crippen LogP contribution in [-0.2, 0) is 6.42 Å². The second-order valence-electron chi connectivity index (χ2n) is 18.4. The van der Waals surface area contributed by atoms with E-state index in [1.807, 2.05) is 11.3 Å². The van der Waals surface area contributed by atoms with Crippen molar-refractivity contribution in [2.24, 2.45) is 15.9 Å². The Bertz CT molecular complexity index is 4070. The van der Waals surface area contributed by atoms with Gasteiger partial charge < -0.3 is 4.42 Å². The molecule has 0 amide bonds. The van der Waals surface area contributed by atoms with Gasteiger partial charge in [-0.3, -0.25) is 4.57 Å². The lowest BCUT2D eigenvalue weighted by molar-refractivity contribution is 0.665. The van der Waals surface area contributed by atoms with Crippen molar-refractivity contribution in [1.29, 1.82) is 0 Å². The summed E-state index contributed by atoms with van der Waals surface area (Å²) in [5.41, 5.74) is 14.7. The van der Waals surface area contributed by atoms with Crippen molar-refractivity contribution in [3.05, 3.63) is 222 Å². The first-order chi connectivity index (χ1) is 33.1. The number of hydrogen-bond acceptors (Lipinski definition) is 4. The normalized spacial score (nSPS) is 17.3. The molecule has 0 radical (unpaired) electrons. The maximum Gasteiger partial charge on any atom is 0.235 e. The lowest BCUT2D eigenvalue weighted by Gasteiger charge is -2.23. The van der Waals surface area contributed by atoms with Gasteiger partial charge in [0, 0.05) is 64.7 Å². The average Bonchev–Trinajstić information content (AvgIpc) is 4.01. The lowest BCUT2D eigenvalue weighted by Crippen LogP contribution is -2.20. The maximum atomic E-state index is 6.89. The number of rotatable bonds is 3. The molecule has 2 atom stereocenters. The van der Waals surface area contributed by atoms with Gasteiger partial charge in [-0.1, -0.05) is 146 Å². The Labute approximate surface area is 391 Å². The Morgan fingerprint density at radius 2 is 1.24 bits per heavy atom. The summed E-state index contributed by atoms with van der Waals surface area (Å²) in [6.07, 6.45) is 5.05. The molecule has 0 saturated carbocycles. The zero-order valence-corrected chi connectivity index (χ0v) is 37.7. The monoisotopic (exact) mass is 877 g/mol. The fourth-order valence-corrected chi connectivity index (χ4v) is 12.4. The van der Waals surface area contributed by atoms with Crippen LogP contribution in [0.5, 0.6) is 0 Å². The number of benzene rings is 9. The van der Waals surface area contributed by atoms with Crippen molar-refractivity contribution >= 4 is 103 Å². The molecule has 0 spiro atoms. The molecule has 0 bridgehead atoms. The number of aromatic nitrogens is 1. The minimum absolute atomic E-state index is 0.0320. The summed E-state index contributed by atoms with van der Waals surface area (Å²) in [5, 5.41) is 9.65. The van der Waals surface area contributed by atoms with Crippen molar-refractivity contribution in [3.8, 4) is 11.1 Å². The number of allylic oxidation sites excluding steroid dienone is 1. The number of furan rings is 1. The summed E-state index contributed by atoms with van der Waals surface area (Å²) in [4.78, 5) is 11.6. The first-order valence-electron chi connectivity index (χ1n) is 23.5. The van der Waals surface area contributed by atoms with Crippen molar-refractivity contribution < 1.29 is 4.42 Å². The lowest BCUT2D eigenvalue weighted by atomic mass is 9.82. The Morgan fingerprint density at radius 3 is 2.07 bits per heavy atom. The van der Waals surface area contributed by atoms with Crippen LogP contribution in [0, 0.1) is 5.92 Å². The molecule has 1 unspecified atom stereocenters. The molecule has 5 heteroatoms. The van der Waals surface area contributed by atoms with Gasteiger partial charge in [0.25, 0.3) is 0 Å². The second kappa shape index (κ2) is 15.1. The van der Waals surface area contributed by atoms with Crippen molar-refractivity contribution in [1.82, 2.24) is 4.57 Å². The molecule has 1 aliphatic carbocycles. The smallest absolute Gasteiger partial charge is 0.235 e. The van der Waals surface area contributed by atoms with Crippen LogP contribution in [-0.4, -0.2) is 16.2 Å². The van der Waals surface area contributed by atoms with E-state index in [4.69, 9.17) is 14.4 Å². The predicted molar refractivity (Wildman–Crippen MR) is 283 cm³/mol. The largest absolute Gasteiger partial charge is 0.456 e. The minimum atomic E-state index is 0.0320. The van der Waals surface area contributed by atoms with Crippen molar-refractivity contribution in [2.45, 2.75) is 32.1 Å². The fraction of sp³-hybridized carbons (Fsp3) is 0.0968.